The number of hydrogen-bond acceptors (Lipinski definition) is 7. The molecule has 0 bridgehead atoms. The summed E-state index contributed by atoms with van der Waals surface area (Å²) in [6.45, 7) is 0. The van der Waals surface area contributed by atoms with E-state index >= 15 is 0 Å². The number of rotatable bonds is 3. The second-order valence-electron chi connectivity index (χ2n) is 4.41. The molecule has 3 rings (SSSR count). The third-order valence-electron chi connectivity index (χ3n) is 2.76. The highest BCUT2D eigenvalue weighted by molar-refractivity contribution is 9.10. The molecule has 112 valence electrons. The van der Waals surface area contributed by atoms with Crippen LogP contribution in [-0.4, -0.2) is 34.8 Å². The first-order valence-corrected chi connectivity index (χ1v) is 8.74. The molecular weight excluding hydrogens is 372 g/mol. The van der Waals surface area contributed by atoms with Crippen molar-refractivity contribution < 1.29 is 12.9 Å². The van der Waals surface area contributed by atoms with Crippen LogP contribution in [0.4, 0.5) is 0 Å². The molecule has 0 saturated heterocycles. The van der Waals surface area contributed by atoms with Crippen LogP contribution in [0.1, 0.15) is 0 Å². The first-order chi connectivity index (χ1) is 10.4. The average Bonchev–Trinajstić information content (AvgIpc) is 2.97. The summed E-state index contributed by atoms with van der Waals surface area (Å²) in [5.74, 6) is 0.286. The molecule has 0 spiro atoms. The number of halogens is 1. The van der Waals surface area contributed by atoms with Crippen molar-refractivity contribution in [2.24, 2.45) is 0 Å². The number of sulfone groups is 1. The van der Waals surface area contributed by atoms with Gasteiger partial charge >= 0.3 is 0 Å². The zero-order valence-electron chi connectivity index (χ0n) is 11.3. The van der Waals surface area contributed by atoms with E-state index < -0.39 is 9.84 Å². The van der Waals surface area contributed by atoms with Crippen LogP contribution in [-0.2, 0) is 9.84 Å². The maximum Gasteiger partial charge on any atom is 0.278 e. The molecule has 0 aliphatic carbocycles. The van der Waals surface area contributed by atoms with Crippen LogP contribution in [0, 0.1) is 0 Å². The third-order valence-corrected chi connectivity index (χ3v) is 4.35. The van der Waals surface area contributed by atoms with E-state index in [1.165, 1.54) is 18.3 Å². The lowest BCUT2D eigenvalue weighted by molar-refractivity contribution is 0.429. The van der Waals surface area contributed by atoms with Crippen LogP contribution >= 0.6 is 15.9 Å². The van der Waals surface area contributed by atoms with Crippen LogP contribution in [0.15, 0.2) is 50.6 Å². The smallest absolute Gasteiger partial charge is 0.278 e. The molecule has 3 heterocycles. The lowest BCUT2D eigenvalue weighted by Gasteiger charge is -2.01. The molecule has 7 nitrogen and oxygen atoms in total. The van der Waals surface area contributed by atoms with Gasteiger partial charge in [0.05, 0.1) is 4.90 Å². The molecule has 0 radical (unpaired) electrons. The van der Waals surface area contributed by atoms with Crippen LogP contribution in [0.2, 0.25) is 0 Å². The molecule has 0 saturated carbocycles. The van der Waals surface area contributed by atoms with E-state index in [1.54, 1.807) is 18.3 Å². The van der Waals surface area contributed by atoms with Crippen molar-refractivity contribution in [3.05, 3.63) is 41.1 Å². The summed E-state index contributed by atoms with van der Waals surface area (Å²) in [6, 6.07) is 6.49. The minimum absolute atomic E-state index is 0.0285. The van der Waals surface area contributed by atoms with Gasteiger partial charge in [0, 0.05) is 23.1 Å². The number of nitrogens with zero attached hydrogens (tertiary/aromatic N) is 4. The van der Waals surface area contributed by atoms with Gasteiger partial charge in [0.1, 0.15) is 11.4 Å². The van der Waals surface area contributed by atoms with Gasteiger partial charge in [0.2, 0.25) is 5.82 Å². The van der Waals surface area contributed by atoms with Crippen LogP contribution in [0.3, 0.4) is 0 Å². The first-order valence-electron chi connectivity index (χ1n) is 6.06. The quantitative estimate of drug-likeness (QED) is 0.687. The molecule has 0 aliphatic heterocycles. The van der Waals surface area contributed by atoms with E-state index in [9.17, 15) is 8.42 Å². The lowest BCUT2D eigenvalue weighted by atomic mass is 10.3. The number of pyridine rings is 2. The summed E-state index contributed by atoms with van der Waals surface area (Å²) in [7, 11) is -3.45. The van der Waals surface area contributed by atoms with Gasteiger partial charge < -0.3 is 4.52 Å². The molecule has 3 aromatic rings. The Bertz CT molecular complexity index is 922. The Kier molecular flexibility index (Phi) is 3.75. The molecule has 0 unspecified atom stereocenters. The molecule has 22 heavy (non-hydrogen) atoms. The van der Waals surface area contributed by atoms with Gasteiger partial charge in [0.25, 0.3) is 5.89 Å². The molecule has 3 aromatic heterocycles. The lowest BCUT2D eigenvalue weighted by Crippen LogP contribution is -2.01. The molecule has 0 N–H and O–H groups in total. The second kappa shape index (κ2) is 5.58. The molecule has 0 amide bonds. The van der Waals surface area contributed by atoms with Crippen molar-refractivity contribution in [1.29, 1.82) is 0 Å². The van der Waals surface area contributed by atoms with Crippen molar-refractivity contribution in [3.63, 3.8) is 0 Å². The highest BCUT2D eigenvalue weighted by Crippen LogP contribution is 2.25. The normalized spacial score (nSPS) is 11.5. The van der Waals surface area contributed by atoms with Gasteiger partial charge in [-0.25, -0.2) is 13.4 Å². The van der Waals surface area contributed by atoms with E-state index in [4.69, 9.17) is 4.52 Å². The van der Waals surface area contributed by atoms with E-state index in [-0.39, 0.29) is 22.3 Å². The highest BCUT2D eigenvalue weighted by Gasteiger charge is 2.21. The molecular formula is C13H9BrN4O3S. The Morgan fingerprint density at radius 2 is 2.00 bits per heavy atom. The number of aromatic nitrogens is 4. The monoisotopic (exact) mass is 380 g/mol. The maximum absolute atomic E-state index is 11.8. The predicted molar refractivity (Wildman–Crippen MR) is 81.6 cm³/mol. The fourth-order valence-electron chi connectivity index (χ4n) is 1.78. The van der Waals surface area contributed by atoms with Crippen LogP contribution < -0.4 is 0 Å². The molecule has 0 aromatic carbocycles. The van der Waals surface area contributed by atoms with E-state index in [0.29, 0.717) is 5.69 Å². The Morgan fingerprint density at radius 1 is 1.18 bits per heavy atom. The molecule has 0 fully saturated rings. The molecule has 9 heteroatoms. The zero-order chi connectivity index (χ0) is 15.7. The summed E-state index contributed by atoms with van der Waals surface area (Å²) < 4.78 is 29.5. The second-order valence-corrected chi connectivity index (χ2v) is 7.31. The fourth-order valence-corrected chi connectivity index (χ4v) is 2.83. The summed E-state index contributed by atoms with van der Waals surface area (Å²) in [5.41, 5.74) is 0.635. The Morgan fingerprint density at radius 3 is 2.68 bits per heavy atom. The number of hydrogen-bond donors (Lipinski definition) is 0. The van der Waals surface area contributed by atoms with Crippen molar-refractivity contribution in [1.82, 2.24) is 20.1 Å². The summed E-state index contributed by atoms with van der Waals surface area (Å²) in [5, 5.41) is 3.82. The third kappa shape index (κ3) is 2.90. The van der Waals surface area contributed by atoms with Gasteiger partial charge in [-0.1, -0.05) is 5.16 Å². The average molecular weight is 381 g/mol. The van der Waals surface area contributed by atoms with Gasteiger partial charge in [-0.15, -0.1) is 0 Å². The van der Waals surface area contributed by atoms with Crippen LogP contribution in [0.25, 0.3) is 23.1 Å². The molecule has 0 aliphatic rings. The SMILES string of the molecule is CS(=O)(=O)c1cccnc1-c1nc(-c2ccc(Br)cn2)no1. The fraction of sp³-hybridized carbons (Fsp3) is 0.0769. The largest absolute Gasteiger partial charge is 0.332 e. The van der Waals surface area contributed by atoms with Crippen LogP contribution in [0.5, 0.6) is 0 Å². The van der Waals surface area contributed by atoms with Gasteiger partial charge in [-0.05, 0) is 40.2 Å². The zero-order valence-corrected chi connectivity index (χ0v) is 13.7. The van der Waals surface area contributed by atoms with Crippen molar-refractivity contribution >= 4 is 25.8 Å². The molecule has 0 atom stereocenters. The van der Waals surface area contributed by atoms with Gasteiger partial charge in [-0.3, -0.25) is 4.98 Å². The highest BCUT2D eigenvalue weighted by atomic mass is 79.9. The predicted octanol–water partition coefficient (Wildman–Crippen LogP) is 2.36. The minimum Gasteiger partial charge on any atom is -0.332 e. The van der Waals surface area contributed by atoms with Crippen molar-refractivity contribution in [3.8, 4) is 23.1 Å². The van der Waals surface area contributed by atoms with Gasteiger partial charge in [0.15, 0.2) is 9.84 Å². The minimum atomic E-state index is -3.45. The van der Waals surface area contributed by atoms with Crippen molar-refractivity contribution in [2.45, 2.75) is 4.90 Å². The Hall–Kier alpha value is -2.13. The topological polar surface area (TPSA) is 98.8 Å². The van der Waals surface area contributed by atoms with Crippen molar-refractivity contribution in [2.75, 3.05) is 6.26 Å². The standard InChI is InChI=1S/C13H9BrN4O3S/c1-22(19,20)10-3-2-6-15-11(10)13-17-12(18-21-13)9-5-4-8(14)7-16-9/h2-7H,1H3. The maximum atomic E-state index is 11.8. The summed E-state index contributed by atoms with van der Waals surface area (Å²) in [4.78, 5) is 12.4. The summed E-state index contributed by atoms with van der Waals surface area (Å²) in [6.07, 6.45) is 4.17. The van der Waals surface area contributed by atoms with E-state index in [0.717, 1.165) is 10.7 Å². The Labute approximate surface area is 134 Å². The van der Waals surface area contributed by atoms with Gasteiger partial charge in [-0.2, -0.15) is 4.98 Å². The first kappa shape index (κ1) is 14.8. The van der Waals surface area contributed by atoms with E-state index in [2.05, 4.69) is 36.0 Å². The van der Waals surface area contributed by atoms with E-state index in [1.807, 2.05) is 0 Å². The summed E-state index contributed by atoms with van der Waals surface area (Å²) >= 11 is 3.29. The Balaban J connectivity index is 2.07.